The van der Waals surface area contributed by atoms with Gasteiger partial charge in [0.2, 0.25) is 11.0 Å². The molecule has 1 amide bonds. The zero-order valence-electron chi connectivity index (χ0n) is 17.7. The van der Waals surface area contributed by atoms with Gasteiger partial charge in [0.05, 0.1) is 7.11 Å². The molecule has 32 heavy (non-hydrogen) atoms. The van der Waals surface area contributed by atoms with Gasteiger partial charge in [-0.15, -0.1) is 10.2 Å². The van der Waals surface area contributed by atoms with Crippen molar-refractivity contribution in [3.05, 3.63) is 54.3 Å². The van der Waals surface area contributed by atoms with Gasteiger partial charge in [-0.3, -0.25) is 4.79 Å². The summed E-state index contributed by atoms with van der Waals surface area (Å²) in [6.45, 7) is 3.07. The minimum Gasteiger partial charge on any atom is -0.497 e. The number of hydrogen-bond donors (Lipinski definition) is 1. The van der Waals surface area contributed by atoms with E-state index >= 15 is 0 Å². The van der Waals surface area contributed by atoms with Crippen LogP contribution in [0, 0.1) is 5.82 Å². The number of halogens is 1. The van der Waals surface area contributed by atoms with Gasteiger partial charge in [-0.25, -0.2) is 4.39 Å². The second kappa shape index (κ2) is 10.6. The number of thioether (sulfide) groups is 1. The lowest BCUT2D eigenvalue weighted by molar-refractivity contribution is -0.131. The standard InChI is InChI=1S/C22H24FN5O2S2/c1-30-19-7-5-18(6-8-19)27-10-12-28(13-11-27)20(29)9-14-31-22-26-25-21(32-22)24-17-4-2-3-16(23)15-17/h2-8,15H,9-14H2,1H3,(H,24,25). The number of rotatable bonds is 8. The Morgan fingerprint density at radius 1 is 1.16 bits per heavy atom. The summed E-state index contributed by atoms with van der Waals surface area (Å²) >= 11 is 2.90. The van der Waals surface area contributed by atoms with Crippen LogP contribution in [0.15, 0.2) is 52.9 Å². The molecule has 0 atom stereocenters. The Bertz CT molecular complexity index is 1040. The van der Waals surface area contributed by atoms with Gasteiger partial charge in [0.25, 0.3) is 0 Å². The first kappa shape index (κ1) is 22.3. The highest BCUT2D eigenvalue weighted by atomic mass is 32.2. The molecule has 1 saturated heterocycles. The fourth-order valence-electron chi connectivity index (χ4n) is 3.40. The topological polar surface area (TPSA) is 70.6 Å². The summed E-state index contributed by atoms with van der Waals surface area (Å²) in [4.78, 5) is 16.8. The van der Waals surface area contributed by atoms with Gasteiger partial charge in [0.15, 0.2) is 4.34 Å². The lowest BCUT2D eigenvalue weighted by atomic mass is 10.2. The zero-order valence-corrected chi connectivity index (χ0v) is 19.3. The molecule has 1 aromatic heterocycles. The van der Waals surface area contributed by atoms with Crippen molar-refractivity contribution in [3.8, 4) is 5.75 Å². The quantitative estimate of drug-likeness (QED) is 0.490. The summed E-state index contributed by atoms with van der Waals surface area (Å²) < 4.78 is 19.3. The third kappa shape index (κ3) is 5.89. The van der Waals surface area contributed by atoms with E-state index in [0.717, 1.165) is 42.0 Å². The van der Waals surface area contributed by atoms with Crippen LogP contribution in [0.1, 0.15) is 6.42 Å². The second-order valence-electron chi connectivity index (χ2n) is 7.17. The first-order valence-corrected chi connectivity index (χ1v) is 12.1. The molecular weight excluding hydrogens is 449 g/mol. The lowest BCUT2D eigenvalue weighted by Crippen LogP contribution is -2.48. The van der Waals surface area contributed by atoms with Crippen molar-refractivity contribution in [3.63, 3.8) is 0 Å². The predicted octanol–water partition coefficient (Wildman–Crippen LogP) is 4.26. The Morgan fingerprint density at radius 3 is 2.66 bits per heavy atom. The first-order chi connectivity index (χ1) is 15.6. The van der Waals surface area contributed by atoms with Crippen molar-refractivity contribution in [2.45, 2.75) is 10.8 Å². The molecule has 4 rings (SSSR count). The van der Waals surface area contributed by atoms with E-state index in [9.17, 15) is 9.18 Å². The number of benzene rings is 2. The summed E-state index contributed by atoms with van der Waals surface area (Å²) in [7, 11) is 1.66. The molecule has 1 N–H and O–H groups in total. The summed E-state index contributed by atoms with van der Waals surface area (Å²) in [5.41, 5.74) is 1.77. The third-order valence-corrected chi connectivity index (χ3v) is 7.07. The van der Waals surface area contributed by atoms with Gasteiger partial charge in [-0.1, -0.05) is 29.2 Å². The van der Waals surface area contributed by atoms with Gasteiger partial charge in [-0.05, 0) is 42.5 Å². The Labute approximate surface area is 194 Å². The van der Waals surface area contributed by atoms with Crippen molar-refractivity contribution >= 4 is 45.5 Å². The minimum atomic E-state index is -0.308. The minimum absolute atomic E-state index is 0.162. The molecule has 1 aliphatic heterocycles. The van der Waals surface area contributed by atoms with Gasteiger partial charge in [0, 0.05) is 49.7 Å². The Balaban J connectivity index is 1.19. The van der Waals surface area contributed by atoms with Crippen LogP contribution in [-0.2, 0) is 4.79 Å². The van der Waals surface area contributed by atoms with Crippen molar-refractivity contribution in [1.82, 2.24) is 15.1 Å². The highest BCUT2D eigenvalue weighted by molar-refractivity contribution is 8.01. The molecule has 0 saturated carbocycles. The molecule has 2 aromatic carbocycles. The SMILES string of the molecule is COc1ccc(N2CCN(C(=O)CCSc3nnc(Nc4cccc(F)c4)s3)CC2)cc1. The lowest BCUT2D eigenvalue weighted by Gasteiger charge is -2.36. The number of aromatic nitrogens is 2. The van der Waals surface area contributed by atoms with Crippen LogP contribution in [-0.4, -0.2) is 60.0 Å². The molecular formula is C22H24FN5O2S2. The number of anilines is 3. The number of carbonyl (C=O) groups is 1. The van der Waals surface area contributed by atoms with Gasteiger partial charge >= 0.3 is 0 Å². The second-order valence-corrected chi connectivity index (χ2v) is 9.49. The Kier molecular flexibility index (Phi) is 7.43. The molecule has 0 radical (unpaired) electrons. The maximum atomic E-state index is 13.3. The highest BCUT2D eigenvalue weighted by Gasteiger charge is 2.21. The van der Waals surface area contributed by atoms with Gasteiger partial charge < -0.3 is 19.9 Å². The molecule has 7 nitrogen and oxygen atoms in total. The molecule has 1 fully saturated rings. The van der Waals surface area contributed by atoms with E-state index in [2.05, 4.69) is 20.4 Å². The van der Waals surface area contributed by atoms with Crippen molar-refractivity contribution < 1.29 is 13.9 Å². The van der Waals surface area contributed by atoms with E-state index in [0.29, 0.717) is 23.0 Å². The number of methoxy groups -OCH3 is 1. The van der Waals surface area contributed by atoms with E-state index in [-0.39, 0.29) is 11.7 Å². The molecule has 2 heterocycles. The van der Waals surface area contributed by atoms with E-state index in [1.54, 1.807) is 19.2 Å². The van der Waals surface area contributed by atoms with Crippen molar-refractivity contribution in [2.24, 2.45) is 0 Å². The predicted molar refractivity (Wildman–Crippen MR) is 127 cm³/mol. The van der Waals surface area contributed by atoms with Crippen LogP contribution in [0.25, 0.3) is 0 Å². The molecule has 3 aromatic rings. The van der Waals surface area contributed by atoms with E-state index in [1.165, 1.54) is 35.2 Å². The Morgan fingerprint density at radius 2 is 1.94 bits per heavy atom. The molecule has 0 aliphatic carbocycles. The number of piperazine rings is 1. The summed E-state index contributed by atoms with van der Waals surface area (Å²) in [5.74, 6) is 1.34. The average Bonchev–Trinajstić information content (AvgIpc) is 3.26. The van der Waals surface area contributed by atoms with E-state index in [1.807, 2.05) is 29.2 Å². The van der Waals surface area contributed by atoms with Crippen LogP contribution >= 0.6 is 23.1 Å². The van der Waals surface area contributed by atoms with Gasteiger partial charge in [-0.2, -0.15) is 0 Å². The molecule has 0 spiro atoms. The maximum Gasteiger partial charge on any atom is 0.223 e. The summed E-state index contributed by atoms with van der Waals surface area (Å²) in [6.07, 6.45) is 0.458. The van der Waals surface area contributed by atoms with E-state index < -0.39 is 0 Å². The van der Waals surface area contributed by atoms with Crippen LogP contribution in [0.3, 0.4) is 0 Å². The van der Waals surface area contributed by atoms with Crippen molar-refractivity contribution in [2.75, 3.05) is 49.3 Å². The fourth-order valence-corrected chi connectivity index (χ4v) is 5.17. The molecule has 1 aliphatic rings. The largest absolute Gasteiger partial charge is 0.497 e. The van der Waals surface area contributed by atoms with Crippen LogP contribution in [0.2, 0.25) is 0 Å². The normalized spacial score (nSPS) is 13.8. The number of nitrogens with zero attached hydrogens (tertiary/aromatic N) is 4. The number of hydrogen-bond acceptors (Lipinski definition) is 8. The molecule has 10 heteroatoms. The van der Waals surface area contributed by atoms with Crippen LogP contribution < -0.4 is 15.0 Å². The van der Waals surface area contributed by atoms with Gasteiger partial charge in [0.1, 0.15) is 11.6 Å². The van der Waals surface area contributed by atoms with Crippen LogP contribution in [0.5, 0.6) is 5.75 Å². The van der Waals surface area contributed by atoms with Crippen LogP contribution in [0.4, 0.5) is 20.9 Å². The van der Waals surface area contributed by atoms with E-state index in [4.69, 9.17) is 4.74 Å². The smallest absolute Gasteiger partial charge is 0.223 e. The summed E-state index contributed by atoms with van der Waals surface area (Å²) in [6, 6.07) is 14.2. The molecule has 0 unspecified atom stereocenters. The maximum absolute atomic E-state index is 13.3. The number of amides is 1. The average molecular weight is 474 g/mol. The number of carbonyl (C=O) groups excluding carboxylic acids is 1. The fraction of sp³-hybridized carbons (Fsp3) is 0.318. The number of ether oxygens (including phenoxy) is 1. The summed E-state index contributed by atoms with van der Waals surface area (Å²) in [5, 5.41) is 11.9. The molecule has 168 valence electrons. The number of nitrogens with one attached hydrogen (secondary N) is 1. The zero-order chi connectivity index (χ0) is 22.3. The monoisotopic (exact) mass is 473 g/mol. The Hall–Kier alpha value is -2.85. The van der Waals surface area contributed by atoms with Crippen molar-refractivity contribution in [1.29, 1.82) is 0 Å². The third-order valence-electron chi connectivity index (χ3n) is 5.09. The highest BCUT2D eigenvalue weighted by Crippen LogP contribution is 2.28. The first-order valence-electron chi connectivity index (χ1n) is 10.3. The molecule has 0 bridgehead atoms.